The summed E-state index contributed by atoms with van der Waals surface area (Å²) >= 11 is 7.46. The topological polar surface area (TPSA) is 64.0 Å². The van der Waals surface area contributed by atoms with Crippen LogP contribution in [0.15, 0.2) is 65.7 Å². The van der Waals surface area contributed by atoms with Crippen molar-refractivity contribution in [3.05, 3.63) is 81.2 Å². The number of fused-ring (bicyclic) bond motifs is 1. The molecule has 0 saturated carbocycles. The van der Waals surface area contributed by atoms with Crippen LogP contribution >= 0.6 is 22.9 Å². The summed E-state index contributed by atoms with van der Waals surface area (Å²) in [6.07, 6.45) is 1.43. The first kappa shape index (κ1) is 18.4. The molecule has 2 aromatic heterocycles. The van der Waals surface area contributed by atoms with E-state index in [0.717, 1.165) is 16.0 Å². The summed E-state index contributed by atoms with van der Waals surface area (Å²) < 4.78 is 1.34. The maximum atomic E-state index is 13.1. The van der Waals surface area contributed by atoms with E-state index in [1.165, 1.54) is 22.2 Å². The summed E-state index contributed by atoms with van der Waals surface area (Å²) in [5, 5.41) is 3.95. The average Bonchev–Trinajstić information content (AvgIpc) is 3.02. The number of hydrogen-bond donors (Lipinski definition) is 1. The van der Waals surface area contributed by atoms with Crippen molar-refractivity contribution in [1.82, 2.24) is 9.55 Å². The standard InChI is InChI=1S/C21H16ClN3O2S/c1-13-18(14-7-9-15(22)10-8-14)19-20(28-13)23-12-25(21(19)27)11-17(26)24-16-5-3-2-4-6-16/h2-10,12H,11H2,1H3,(H,24,26). The molecule has 0 fully saturated rings. The second-order valence-electron chi connectivity index (χ2n) is 6.31. The Bertz CT molecular complexity index is 1210. The summed E-state index contributed by atoms with van der Waals surface area (Å²) in [5.41, 5.74) is 2.19. The van der Waals surface area contributed by atoms with Crippen LogP contribution in [0.1, 0.15) is 4.88 Å². The number of para-hydroxylation sites is 1. The number of benzene rings is 2. The van der Waals surface area contributed by atoms with Crippen molar-refractivity contribution in [3.63, 3.8) is 0 Å². The second-order valence-corrected chi connectivity index (χ2v) is 7.95. The first-order valence-electron chi connectivity index (χ1n) is 8.62. The van der Waals surface area contributed by atoms with E-state index in [0.29, 0.717) is 20.9 Å². The van der Waals surface area contributed by atoms with Crippen molar-refractivity contribution in [2.75, 3.05) is 5.32 Å². The molecule has 0 unspecified atom stereocenters. The highest BCUT2D eigenvalue weighted by Crippen LogP contribution is 2.35. The minimum Gasteiger partial charge on any atom is -0.325 e. The minimum absolute atomic E-state index is 0.106. The molecule has 140 valence electrons. The summed E-state index contributed by atoms with van der Waals surface area (Å²) in [6.45, 7) is 1.85. The highest BCUT2D eigenvalue weighted by Gasteiger charge is 2.17. The number of carbonyl (C=O) groups is 1. The zero-order chi connectivity index (χ0) is 19.7. The smallest absolute Gasteiger partial charge is 0.263 e. The summed E-state index contributed by atoms with van der Waals surface area (Å²) in [4.78, 5) is 31.5. The van der Waals surface area contributed by atoms with Crippen molar-refractivity contribution in [2.24, 2.45) is 0 Å². The Labute approximate surface area is 170 Å². The van der Waals surface area contributed by atoms with Gasteiger partial charge in [-0.05, 0) is 36.8 Å². The molecule has 1 N–H and O–H groups in total. The molecule has 28 heavy (non-hydrogen) atoms. The number of nitrogens with one attached hydrogen (secondary N) is 1. The van der Waals surface area contributed by atoms with Gasteiger partial charge in [0, 0.05) is 21.2 Å². The molecule has 0 spiro atoms. The van der Waals surface area contributed by atoms with Gasteiger partial charge < -0.3 is 5.32 Å². The number of aromatic nitrogens is 2. The SMILES string of the molecule is Cc1sc2ncn(CC(=O)Nc3ccccc3)c(=O)c2c1-c1ccc(Cl)cc1. The maximum absolute atomic E-state index is 13.1. The molecule has 0 bridgehead atoms. The predicted octanol–water partition coefficient (Wildman–Crippen LogP) is 4.73. The van der Waals surface area contributed by atoms with Crippen LogP contribution < -0.4 is 10.9 Å². The van der Waals surface area contributed by atoms with E-state index in [9.17, 15) is 9.59 Å². The third-order valence-corrected chi connectivity index (χ3v) is 5.62. The molecule has 2 heterocycles. The first-order valence-corrected chi connectivity index (χ1v) is 9.82. The fraction of sp³-hybridized carbons (Fsp3) is 0.0952. The monoisotopic (exact) mass is 409 g/mol. The van der Waals surface area contributed by atoms with Gasteiger partial charge in [0.25, 0.3) is 5.56 Å². The summed E-state index contributed by atoms with van der Waals surface area (Å²) in [7, 11) is 0. The Morgan fingerprint density at radius 2 is 1.86 bits per heavy atom. The number of halogens is 1. The summed E-state index contributed by atoms with van der Waals surface area (Å²) in [6, 6.07) is 16.5. The number of anilines is 1. The second kappa shape index (κ2) is 7.58. The molecule has 0 aliphatic heterocycles. The third kappa shape index (κ3) is 3.56. The molecule has 0 aliphatic rings. The molecule has 2 aromatic carbocycles. The molecule has 7 heteroatoms. The average molecular weight is 410 g/mol. The number of aryl methyl sites for hydroxylation is 1. The van der Waals surface area contributed by atoms with Gasteiger partial charge in [-0.25, -0.2) is 4.98 Å². The zero-order valence-electron chi connectivity index (χ0n) is 15.0. The number of carbonyl (C=O) groups excluding carboxylic acids is 1. The molecule has 0 aliphatic carbocycles. The van der Waals surface area contributed by atoms with Gasteiger partial charge in [-0.2, -0.15) is 0 Å². The molecule has 5 nitrogen and oxygen atoms in total. The lowest BCUT2D eigenvalue weighted by Crippen LogP contribution is -2.27. The number of nitrogens with zero attached hydrogens (tertiary/aromatic N) is 2. The van der Waals surface area contributed by atoms with Gasteiger partial charge in [0.15, 0.2) is 0 Å². The maximum Gasteiger partial charge on any atom is 0.263 e. The van der Waals surface area contributed by atoms with Crippen LogP contribution in [0.25, 0.3) is 21.3 Å². The molecule has 0 atom stereocenters. The van der Waals surface area contributed by atoms with Crippen molar-refractivity contribution in [2.45, 2.75) is 13.5 Å². The Morgan fingerprint density at radius 3 is 2.57 bits per heavy atom. The highest BCUT2D eigenvalue weighted by atomic mass is 35.5. The summed E-state index contributed by atoms with van der Waals surface area (Å²) in [5.74, 6) is -0.283. The molecule has 0 saturated heterocycles. The van der Waals surface area contributed by atoms with E-state index in [2.05, 4.69) is 10.3 Å². The molecule has 0 radical (unpaired) electrons. The third-order valence-electron chi connectivity index (χ3n) is 4.36. The van der Waals surface area contributed by atoms with Gasteiger partial charge in [0.1, 0.15) is 11.4 Å². The Balaban J connectivity index is 1.72. The highest BCUT2D eigenvalue weighted by molar-refractivity contribution is 7.19. The Morgan fingerprint density at radius 1 is 1.14 bits per heavy atom. The van der Waals surface area contributed by atoms with Crippen LogP contribution in [0.4, 0.5) is 5.69 Å². The van der Waals surface area contributed by atoms with Crippen LogP contribution in [0.2, 0.25) is 5.02 Å². The van der Waals surface area contributed by atoms with E-state index in [4.69, 9.17) is 11.6 Å². The first-order chi connectivity index (χ1) is 13.5. The van der Waals surface area contributed by atoms with E-state index in [1.54, 1.807) is 24.3 Å². The van der Waals surface area contributed by atoms with E-state index in [-0.39, 0.29) is 18.0 Å². The van der Waals surface area contributed by atoms with Crippen molar-refractivity contribution >= 4 is 44.7 Å². The van der Waals surface area contributed by atoms with Gasteiger partial charge in [-0.15, -0.1) is 11.3 Å². The van der Waals surface area contributed by atoms with Crippen LogP contribution in [0, 0.1) is 6.92 Å². The number of rotatable bonds is 4. The molecule has 4 rings (SSSR count). The number of hydrogen-bond acceptors (Lipinski definition) is 4. The predicted molar refractivity (Wildman–Crippen MR) is 114 cm³/mol. The zero-order valence-corrected chi connectivity index (χ0v) is 16.6. The van der Waals surface area contributed by atoms with Gasteiger partial charge >= 0.3 is 0 Å². The normalized spacial score (nSPS) is 10.9. The van der Waals surface area contributed by atoms with Crippen LogP contribution in [0.5, 0.6) is 0 Å². The number of amides is 1. The van der Waals surface area contributed by atoms with Crippen LogP contribution in [-0.2, 0) is 11.3 Å². The van der Waals surface area contributed by atoms with Gasteiger partial charge in [0.05, 0.1) is 11.7 Å². The minimum atomic E-state index is -0.283. The van der Waals surface area contributed by atoms with Crippen molar-refractivity contribution in [3.8, 4) is 11.1 Å². The quantitative estimate of drug-likeness (QED) is 0.530. The lowest BCUT2D eigenvalue weighted by atomic mass is 10.0. The lowest BCUT2D eigenvalue weighted by Gasteiger charge is -2.08. The van der Waals surface area contributed by atoms with Crippen LogP contribution in [0.3, 0.4) is 0 Å². The van der Waals surface area contributed by atoms with E-state index >= 15 is 0 Å². The van der Waals surface area contributed by atoms with Crippen molar-refractivity contribution in [1.29, 1.82) is 0 Å². The van der Waals surface area contributed by atoms with Crippen molar-refractivity contribution < 1.29 is 4.79 Å². The lowest BCUT2D eigenvalue weighted by molar-refractivity contribution is -0.116. The fourth-order valence-corrected chi connectivity index (χ4v) is 4.22. The molecule has 1 amide bonds. The Kier molecular flexibility index (Phi) is 4.98. The van der Waals surface area contributed by atoms with E-state index in [1.807, 2.05) is 37.3 Å². The Hall–Kier alpha value is -2.96. The molecule has 4 aromatic rings. The largest absolute Gasteiger partial charge is 0.325 e. The fourth-order valence-electron chi connectivity index (χ4n) is 3.09. The molecular weight excluding hydrogens is 394 g/mol. The molecular formula is C21H16ClN3O2S. The van der Waals surface area contributed by atoms with Crippen LogP contribution in [-0.4, -0.2) is 15.5 Å². The van der Waals surface area contributed by atoms with Gasteiger partial charge in [-0.1, -0.05) is 41.9 Å². The van der Waals surface area contributed by atoms with Gasteiger partial charge in [0.2, 0.25) is 5.91 Å². The number of thiophene rings is 1. The van der Waals surface area contributed by atoms with E-state index < -0.39 is 0 Å². The van der Waals surface area contributed by atoms with Gasteiger partial charge in [-0.3, -0.25) is 14.2 Å².